The largest absolute Gasteiger partial charge is 0.384 e. The third kappa shape index (κ3) is 2.49. The minimum atomic E-state index is -0.134. The molecular weight excluding hydrogens is 274 g/mol. The van der Waals surface area contributed by atoms with E-state index in [2.05, 4.69) is 4.98 Å². The van der Waals surface area contributed by atoms with Gasteiger partial charge in [-0.1, -0.05) is 18.0 Å². The molecule has 2 N–H and O–H groups in total. The Labute approximate surface area is 124 Å². The normalized spacial score (nSPS) is 27.8. The van der Waals surface area contributed by atoms with Gasteiger partial charge < -0.3 is 10.6 Å². The van der Waals surface area contributed by atoms with Gasteiger partial charge in [-0.2, -0.15) is 0 Å². The number of carbonyl (C=O) groups excluding carboxylic acids is 1. The Balaban J connectivity index is 1.69. The molecule has 3 rings (SSSR count). The molecule has 0 aromatic carbocycles. The van der Waals surface area contributed by atoms with Crippen LogP contribution in [0.4, 0.5) is 5.82 Å². The van der Waals surface area contributed by atoms with Gasteiger partial charge in [-0.25, -0.2) is 4.98 Å². The molecule has 20 heavy (non-hydrogen) atoms. The molecule has 0 saturated heterocycles. The van der Waals surface area contributed by atoms with Gasteiger partial charge in [0.1, 0.15) is 11.5 Å². The van der Waals surface area contributed by atoms with Crippen molar-refractivity contribution in [1.82, 2.24) is 9.88 Å². The van der Waals surface area contributed by atoms with Crippen molar-refractivity contribution in [2.75, 3.05) is 19.3 Å². The highest BCUT2D eigenvalue weighted by atomic mass is 35.5. The molecule has 0 aliphatic heterocycles. The Morgan fingerprint density at radius 1 is 1.45 bits per heavy atom. The summed E-state index contributed by atoms with van der Waals surface area (Å²) in [5, 5.41) is 0.365. The number of fused-ring (bicyclic) bond motifs is 2. The number of amides is 1. The quantitative estimate of drug-likeness (QED) is 0.932. The van der Waals surface area contributed by atoms with Crippen LogP contribution in [-0.4, -0.2) is 29.4 Å². The molecule has 2 fully saturated rings. The average molecular weight is 294 g/mol. The van der Waals surface area contributed by atoms with E-state index >= 15 is 0 Å². The standard InChI is InChI=1S/C15H20ClN3O/c1-19(8-11-7-9-2-3-10(11)6-9)15(20)14-12(16)4-5-13(17)18-14/h4-5,9-11H,2-3,6-8H2,1H3,(H2,17,18). The number of nitrogens with two attached hydrogens (primary N) is 1. The second-order valence-corrected chi connectivity index (χ2v) is 6.59. The van der Waals surface area contributed by atoms with Gasteiger partial charge in [0.25, 0.3) is 5.91 Å². The summed E-state index contributed by atoms with van der Waals surface area (Å²) in [5.74, 6) is 2.53. The highest BCUT2D eigenvalue weighted by molar-refractivity contribution is 6.33. The summed E-state index contributed by atoms with van der Waals surface area (Å²) in [6, 6.07) is 3.23. The van der Waals surface area contributed by atoms with Crippen LogP contribution < -0.4 is 5.73 Å². The number of aromatic nitrogens is 1. The Morgan fingerprint density at radius 2 is 2.25 bits per heavy atom. The molecule has 2 aliphatic rings. The van der Waals surface area contributed by atoms with E-state index in [4.69, 9.17) is 17.3 Å². The van der Waals surface area contributed by atoms with Crippen LogP contribution in [0.15, 0.2) is 12.1 Å². The van der Waals surface area contributed by atoms with Crippen molar-refractivity contribution in [2.45, 2.75) is 25.7 Å². The summed E-state index contributed by atoms with van der Waals surface area (Å²) in [4.78, 5) is 18.3. The minimum Gasteiger partial charge on any atom is -0.384 e. The molecule has 1 amide bonds. The summed E-state index contributed by atoms with van der Waals surface area (Å²) < 4.78 is 0. The van der Waals surface area contributed by atoms with Crippen LogP contribution >= 0.6 is 11.6 Å². The van der Waals surface area contributed by atoms with Crippen LogP contribution in [0.25, 0.3) is 0 Å². The molecule has 3 atom stereocenters. The van der Waals surface area contributed by atoms with Crippen LogP contribution in [0.3, 0.4) is 0 Å². The molecule has 4 nitrogen and oxygen atoms in total. The van der Waals surface area contributed by atoms with Crippen LogP contribution in [-0.2, 0) is 0 Å². The SMILES string of the molecule is CN(CC1CC2CCC1C2)C(=O)c1nc(N)ccc1Cl. The number of anilines is 1. The van der Waals surface area contributed by atoms with E-state index in [1.807, 2.05) is 7.05 Å². The van der Waals surface area contributed by atoms with Crippen molar-refractivity contribution < 1.29 is 4.79 Å². The lowest BCUT2D eigenvalue weighted by Gasteiger charge is -2.27. The maximum absolute atomic E-state index is 12.4. The maximum Gasteiger partial charge on any atom is 0.273 e. The Hall–Kier alpha value is -1.29. The lowest BCUT2D eigenvalue weighted by atomic mass is 9.88. The maximum atomic E-state index is 12.4. The predicted molar refractivity (Wildman–Crippen MR) is 79.6 cm³/mol. The predicted octanol–water partition coefficient (Wildman–Crippen LogP) is 2.83. The van der Waals surface area contributed by atoms with Gasteiger partial charge in [-0.15, -0.1) is 0 Å². The topological polar surface area (TPSA) is 59.2 Å². The molecule has 0 radical (unpaired) electrons. The minimum absolute atomic E-state index is 0.134. The fourth-order valence-corrected chi connectivity index (χ4v) is 4.01. The zero-order chi connectivity index (χ0) is 14.3. The van der Waals surface area contributed by atoms with Crippen molar-refractivity contribution in [3.8, 4) is 0 Å². The third-order valence-electron chi connectivity index (χ3n) is 4.81. The molecule has 1 aromatic heterocycles. The van der Waals surface area contributed by atoms with Crippen LogP contribution in [0.5, 0.6) is 0 Å². The zero-order valence-corrected chi connectivity index (χ0v) is 12.4. The highest BCUT2D eigenvalue weighted by Crippen LogP contribution is 2.48. The summed E-state index contributed by atoms with van der Waals surface area (Å²) >= 11 is 6.05. The molecule has 2 bridgehead atoms. The fourth-order valence-electron chi connectivity index (χ4n) is 3.82. The smallest absolute Gasteiger partial charge is 0.273 e. The van der Waals surface area contributed by atoms with E-state index in [-0.39, 0.29) is 11.6 Å². The van der Waals surface area contributed by atoms with Crippen molar-refractivity contribution in [3.05, 3.63) is 22.8 Å². The fraction of sp³-hybridized carbons (Fsp3) is 0.600. The molecule has 2 aliphatic carbocycles. The Bertz CT molecular complexity index is 534. The van der Waals surface area contributed by atoms with Gasteiger partial charge in [-0.05, 0) is 49.1 Å². The van der Waals surface area contributed by atoms with Gasteiger partial charge in [0.05, 0.1) is 5.02 Å². The van der Waals surface area contributed by atoms with Crippen LogP contribution in [0, 0.1) is 17.8 Å². The molecule has 5 heteroatoms. The second-order valence-electron chi connectivity index (χ2n) is 6.19. The lowest BCUT2D eigenvalue weighted by Crippen LogP contribution is -2.34. The molecule has 108 valence electrons. The first-order valence-corrected chi connectivity index (χ1v) is 7.60. The van der Waals surface area contributed by atoms with Gasteiger partial charge >= 0.3 is 0 Å². The Kier molecular flexibility index (Phi) is 3.59. The number of pyridine rings is 1. The first-order valence-electron chi connectivity index (χ1n) is 7.22. The van der Waals surface area contributed by atoms with Crippen molar-refractivity contribution in [3.63, 3.8) is 0 Å². The van der Waals surface area contributed by atoms with E-state index in [1.165, 1.54) is 25.7 Å². The summed E-state index contributed by atoms with van der Waals surface area (Å²) in [7, 11) is 1.83. The molecular formula is C15H20ClN3O. The van der Waals surface area contributed by atoms with E-state index in [0.29, 0.717) is 16.8 Å². The van der Waals surface area contributed by atoms with E-state index in [1.54, 1.807) is 17.0 Å². The van der Waals surface area contributed by atoms with Gasteiger partial charge in [0, 0.05) is 13.6 Å². The highest BCUT2D eigenvalue weighted by Gasteiger charge is 2.40. The van der Waals surface area contributed by atoms with Gasteiger partial charge in [-0.3, -0.25) is 4.79 Å². The number of nitrogens with zero attached hydrogens (tertiary/aromatic N) is 2. The number of halogens is 1. The van der Waals surface area contributed by atoms with Crippen molar-refractivity contribution in [1.29, 1.82) is 0 Å². The number of rotatable bonds is 3. The van der Waals surface area contributed by atoms with Crippen LogP contribution in [0.1, 0.15) is 36.2 Å². The van der Waals surface area contributed by atoms with Crippen molar-refractivity contribution >= 4 is 23.3 Å². The first-order chi connectivity index (χ1) is 9.54. The molecule has 0 spiro atoms. The van der Waals surface area contributed by atoms with E-state index in [9.17, 15) is 4.79 Å². The number of carbonyl (C=O) groups is 1. The monoisotopic (exact) mass is 293 g/mol. The number of hydrogen-bond donors (Lipinski definition) is 1. The average Bonchev–Trinajstić information content (AvgIpc) is 3.03. The number of nitrogen functional groups attached to an aromatic ring is 1. The summed E-state index contributed by atoms with van der Waals surface area (Å²) in [5.41, 5.74) is 5.90. The lowest BCUT2D eigenvalue weighted by molar-refractivity contribution is 0.0749. The summed E-state index contributed by atoms with van der Waals surface area (Å²) in [6.07, 6.45) is 5.32. The Morgan fingerprint density at radius 3 is 2.90 bits per heavy atom. The second kappa shape index (κ2) is 5.24. The first kappa shape index (κ1) is 13.7. The van der Waals surface area contributed by atoms with E-state index < -0.39 is 0 Å². The molecule has 1 heterocycles. The zero-order valence-electron chi connectivity index (χ0n) is 11.7. The van der Waals surface area contributed by atoms with Crippen molar-refractivity contribution in [2.24, 2.45) is 17.8 Å². The molecule has 3 unspecified atom stereocenters. The number of hydrogen-bond acceptors (Lipinski definition) is 3. The summed E-state index contributed by atoms with van der Waals surface area (Å²) in [6.45, 7) is 0.798. The third-order valence-corrected chi connectivity index (χ3v) is 5.11. The van der Waals surface area contributed by atoms with E-state index in [0.717, 1.165) is 18.4 Å². The molecule has 1 aromatic rings. The van der Waals surface area contributed by atoms with Crippen LogP contribution in [0.2, 0.25) is 5.02 Å². The van der Waals surface area contributed by atoms with Gasteiger partial charge in [0.2, 0.25) is 0 Å². The molecule has 2 saturated carbocycles. The van der Waals surface area contributed by atoms with Gasteiger partial charge in [0.15, 0.2) is 0 Å².